The molecule has 8 heteroatoms. The van der Waals surface area contributed by atoms with E-state index in [1.165, 1.54) is 22.0 Å². The van der Waals surface area contributed by atoms with E-state index >= 15 is 0 Å². The zero-order valence-corrected chi connectivity index (χ0v) is 19.6. The fraction of sp³-hybridized carbons (Fsp3) is 0.458. The van der Waals surface area contributed by atoms with Gasteiger partial charge in [0, 0.05) is 43.3 Å². The van der Waals surface area contributed by atoms with Gasteiger partial charge in [0.25, 0.3) is 0 Å². The number of sulfonamides is 1. The Bertz CT molecular complexity index is 1020. The molecule has 1 amide bonds. The largest absolute Gasteiger partial charge is 0.381 e. The number of benzene rings is 2. The molecule has 2 heterocycles. The summed E-state index contributed by atoms with van der Waals surface area (Å²) in [5.74, 6) is -0.443. The second-order valence-corrected chi connectivity index (χ2v) is 11.0. The van der Waals surface area contributed by atoms with Gasteiger partial charge < -0.3 is 10.1 Å². The van der Waals surface area contributed by atoms with Crippen LogP contribution >= 0.6 is 11.6 Å². The SMILES string of the molecule is O=C(NCC1(c2ccccc2)CCOCC1)C1CCCN(S(=O)(=O)c2ccc(Cl)cc2)C1. The van der Waals surface area contributed by atoms with Crippen molar-refractivity contribution in [2.75, 3.05) is 32.8 Å². The first-order valence-electron chi connectivity index (χ1n) is 11.1. The van der Waals surface area contributed by atoms with Crippen molar-refractivity contribution < 1.29 is 17.9 Å². The summed E-state index contributed by atoms with van der Waals surface area (Å²) in [7, 11) is -3.66. The van der Waals surface area contributed by atoms with Crippen LogP contribution in [0.2, 0.25) is 5.02 Å². The van der Waals surface area contributed by atoms with Crippen LogP contribution in [0.25, 0.3) is 0 Å². The number of ether oxygens (including phenoxy) is 1. The Hall–Kier alpha value is -1.93. The summed E-state index contributed by atoms with van der Waals surface area (Å²) in [6.07, 6.45) is 3.03. The molecule has 2 fully saturated rings. The highest BCUT2D eigenvalue weighted by Crippen LogP contribution is 2.34. The van der Waals surface area contributed by atoms with Crippen molar-refractivity contribution >= 4 is 27.5 Å². The van der Waals surface area contributed by atoms with E-state index in [2.05, 4.69) is 17.4 Å². The molecule has 1 N–H and O–H groups in total. The topological polar surface area (TPSA) is 75.7 Å². The summed E-state index contributed by atoms with van der Waals surface area (Å²) in [6, 6.07) is 16.4. The molecule has 6 nitrogen and oxygen atoms in total. The average Bonchev–Trinajstić information content (AvgIpc) is 2.84. The first-order chi connectivity index (χ1) is 15.4. The fourth-order valence-corrected chi connectivity index (χ4v) is 6.30. The highest BCUT2D eigenvalue weighted by molar-refractivity contribution is 7.89. The van der Waals surface area contributed by atoms with Gasteiger partial charge in [0.2, 0.25) is 15.9 Å². The molecule has 32 heavy (non-hydrogen) atoms. The van der Waals surface area contributed by atoms with Crippen molar-refractivity contribution in [3.63, 3.8) is 0 Å². The molecule has 2 aliphatic rings. The van der Waals surface area contributed by atoms with Crippen LogP contribution in [-0.4, -0.2) is 51.5 Å². The van der Waals surface area contributed by atoms with Crippen LogP contribution in [0.15, 0.2) is 59.5 Å². The maximum atomic E-state index is 13.1. The third-order valence-corrected chi connectivity index (χ3v) is 8.77. The van der Waals surface area contributed by atoms with Crippen molar-refractivity contribution in [2.45, 2.75) is 36.0 Å². The lowest BCUT2D eigenvalue weighted by Crippen LogP contribution is -2.49. The number of nitrogens with zero attached hydrogens (tertiary/aromatic N) is 1. The van der Waals surface area contributed by atoms with E-state index in [0.717, 1.165) is 12.8 Å². The minimum absolute atomic E-state index is 0.0807. The molecule has 2 saturated heterocycles. The molecule has 2 aromatic rings. The Morgan fingerprint density at radius 2 is 1.78 bits per heavy atom. The molecule has 2 aliphatic heterocycles. The summed E-state index contributed by atoms with van der Waals surface area (Å²) >= 11 is 5.90. The van der Waals surface area contributed by atoms with E-state index in [1.807, 2.05) is 18.2 Å². The second kappa shape index (κ2) is 9.91. The fourth-order valence-electron chi connectivity index (χ4n) is 4.65. The number of hydrogen-bond donors (Lipinski definition) is 1. The molecule has 4 rings (SSSR count). The van der Waals surface area contributed by atoms with Crippen molar-refractivity contribution in [1.29, 1.82) is 0 Å². The third-order valence-electron chi connectivity index (χ3n) is 6.64. The molecule has 0 saturated carbocycles. The smallest absolute Gasteiger partial charge is 0.243 e. The number of piperidine rings is 1. The van der Waals surface area contributed by atoms with Gasteiger partial charge in [-0.1, -0.05) is 41.9 Å². The normalized spacial score (nSPS) is 21.7. The van der Waals surface area contributed by atoms with Crippen LogP contribution in [-0.2, 0) is 25.0 Å². The van der Waals surface area contributed by atoms with Gasteiger partial charge in [0.15, 0.2) is 0 Å². The molecule has 0 aromatic heterocycles. The zero-order chi connectivity index (χ0) is 22.6. The lowest BCUT2D eigenvalue weighted by Gasteiger charge is -2.38. The molecule has 1 unspecified atom stereocenters. The number of rotatable bonds is 6. The van der Waals surface area contributed by atoms with Crippen LogP contribution in [0, 0.1) is 5.92 Å². The standard InChI is InChI=1S/C24H29ClN2O4S/c25-21-8-10-22(11-9-21)32(29,30)27-14-4-5-19(17-27)23(28)26-18-24(12-15-31-16-13-24)20-6-2-1-3-7-20/h1-3,6-11,19H,4-5,12-18H2,(H,26,28). The van der Waals surface area contributed by atoms with E-state index < -0.39 is 10.0 Å². The molecule has 172 valence electrons. The van der Waals surface area contributed by atoms with Gasteiger partial charge in [-0.25, -0.2) is 8.42 Å². The maximum absolute atomic E-state index is 13.1. The number of hydrogen-bond acceptors (Lipinski definition) is 4. The number of amides is 1. The first kappa shape index (κ1) is 23.2. The average molecular weight is 477 g/mol. The molecule has 0 aliphatic carbocycles. The lowest BCUT2D eigenvalue weighted by atomic mass is 9.74. The molecular weight excluding hydrogens is 448 g/mol. The summed E-state index contributed by atoms with van der Waals surface area (Å²) in [5, 5.41) is 3.63. The summed E-state index contributed by atoms with van der Waals surface area (Å²) in [5.41, 5.74) is 1.05. The number of carbonyl (C=O) groups is 1. The van der Waals surface area contributed by atoms with E-state index in [-0.39, 0.29) is 28.7 Å². The van der Waals surface area contributed by atoms with E-state index in [1.54, 1.807) is 12.1 Å². The Balaban J connectivity index is 1.43. The predicted octanol–water partition coefficient (Wildman–Crippen LogP) is 3.61. The van der Waals surface area contributed by atoms with Crippen molar-refractivity contribution in [3.8, 4) is 0 Å². The van der Waals surface area contributed by atoms with Gasteiger partial charge in [-0.2, -0.15) is 4.31 Å². The lowest BCUT2D eigenvalue weighted by molar-refractivity contribution is -0.126. The molecule has 0 spiro atoms. The maximum Gasteiger partial charge on any atom is 0.243 e. The van der Waals surface area contributed by atoms with Crippen LogP contribution in [0.4, 0.5) is 0 Å². The van der Waals surface area contributed by atoms with Gasteiger partial charge >= 0.3 is 0 Å². The van der Waals surface area contributed by atoms with Crippen molar-refractivity contribution in [2.24, 2.45) is 5.92 Å². The first-order valence-corrected chi connectivity index (χ1v) is 12.9. The van der Waals surface area contributed by atoms with E-state index in [0.29, 0.717) is 44.2 Å². The zero-order valence-electron chi connectivity index (χ0n) is 18.0. The van der Waals surface area contributed by atoms with Crippen molar-refractivity contribution in [3.05, 3.63) is 65.2 Å². The third kappa shape index (κ3) is 5.01. The van der Waals surface area contributed by atoms with Crippen molar-refractivity contribution in [1.82, 2.24) is 9.62 Å². The predicted molar refractivity (Wildman–Crippen MR) is 124 cm³/mol. The summed E-state index contributed by atoms with van der Waals surface area (Å²) < 4.78 is 33.1. The number of halogens is 1. The van der Waals surface area contributed by atoms with Gasteiger partial charge in [-0.15, -0.1) is 0 Å². The highest BCUT2D eigenvalue weighted by atomic mass is 35.5. The summed E-state index contributed by atoms with van der Waals surface area (Å²) in [6.45, 7) is 2.47. The van der Waals surface area contributed by atoms with Gasteiger partial charge in [0.1, 0.15) is 0 Å². The Labute approximate surface area is 195 Å². The monoisotopic (exact) mass is 476 g/mol. The molecule has 1 atom stereocenters. The quantitative estimate of drug-likeness (QED) is 0.691. The Morgan fingerprint density at radius 3 is 2.47 bits per heavy atom. The minimum Gasteiger partial charge on any atom is -0.381 e. The molecule has 2 aromatic carbocycles. The number of carbonyl (C=O) groups excluding carboxylic acids is 1. The summed E-state index contributed by atoms with van der Waals surface area (Å²) in [4.78, 5) is 13.3. The Kier molecular flexibility index (Phi) is 7.20. The molecular formula is C24H29ClN2O4S. The minimum atomic E-state index is -3.66. The van der Waals surface area contributed by atoms with Crippen LogP contribution in [0.1, 0.15) is 31.2 Å². The van der Waals surface area contributed by atoms with Crippen LogP contribution < -0.4 is 5.32 Å². The number of nitrogens with one attached hydrogen (secondary N) is 1. The molecule has 0 radical (unpaired) electrons. The second-order valence-electron chi connectivity index (χ2n) is 8.63. The van der Waals surface area contributed by atoms with Crippen LogP contribution in [0.3, 0.4) is 0 Å². The Morgan fingerprint density at radius 1 is 1.09 bits per heavy atom. The van der Waals surface area contributed by atoms with E-state index in [9.17, 15) is 13.2 Å². The highest BCUT2D eigenvalue weighted by Gasteiger charge is 2.37. The van der Waals surface area contributed by atoms with Crippen LogP contribution in [0.5, 0.6) is 0 Å². The van der Waals surface area contributed by atoms with Gasteiger partial charge in [-0.3, -0.25) is 4.79 Å². The van der Waals surface area contributed by atoms with E-state index in [4.69, 9.17) is 16.3 Å². The van der Waals surface area contributed by atoms with Gasteiger partial charge in [0.05, 0.1) is 10.8 Å². The van der Waals surface area contributed by atoms with Gasteiger partial charge in [-0.05, 0) is 55.5 Å². The molecule has 0 bridgehead atoms.